The molecule has 0 aromatic carbocycles. The number of rotatable bonds is 9. The Morgan fingerprint density at radius 3 is 2.74 bits per heavy atom. The molecule has 0 aliphatic heterocycles. The van der Waals surface area contributed by atoms with Gasteiger partial charge in [0, 0.05) is 31.6 Å². The van der Waals surface area contributed by atoms with Crippen LogP contribution in [0, 0.1) is 11.3 Å². The van der Waals surface area contributed by atoms with Gasteiger partial charge in [0.15, 0.2) is 0 Å². The number of aromatic nitrogens is 3. The fraction of sp³-hybridized carbons (Fsp3) is 0.423. The molecule has 0 bridgehead atoms. The van der Waals surface area contributed by atoms with Gasteiger partial charge in [-0.25, -0.2) is 13.7 Å². The summed E-state index contributed by atoms with van der Waals surface area (Å²) in [5, 5.41) is 31.7. The quantitative estimate of drug-likeness (QED) is 0.334. The Kier molecular flexibility index (Phi) is 7.78. The molecule has 1 aliphatic carbocycles. The zero-order valence-electron chi connectivity index (χ0n) is 21.4. The van der Waals surface area contributed by atoms with E-state index in [1.54, 1.807) is 23.6 Å². The number of nitrogens with one attached hydrogen (secondary N) is 3. The highest BCUT2D eigenvalue weighted by atomic mass is 19.1. The molecular formula is C26H30FN7O4. The van der Waals surface area contributed by atoms with Gasteiger partial charge < -0.3 is 25.8 Å². The van der Waals surface area contributed by atoms with Crippen molar-refractivity contribution in [1.29, 1.82) is 5.26 Å². The molecule has 1 saturated carbocycles. The summed E-state index contributed by atoms with van der Waals surface area (Å²) in [6.45, 7) is 4.57. The van der Waals surface area contributed by atoms with Gasteiger partial charge in [-0.1, -0.05) is 0 Å². The zero-order chi connectivity index (χ0) is 27.4. The summed E-state index contributed by atoms with van der Waals surface area (Å²) in [6, 6.07) is 9.03. The van der Waals surface area contributed by atoms with Gasteiger partial charge in [0.25, 0.3) is 5.91 Å². The van der Waals surface area contributed by atoms with Crippen molar-refractivity contribution in [3.63, 3.8) is 0 Å². The van der Waals surface area contributed by atoms with Crippen molar-refractivity contribution < 1.29 is 23.8 Å². The molecule has 1 aliphatic rings. The van der Waals surface area contributed by atoms with E-state index >= 15 is 0 Å². The number of nitrogens with zero attached hydrogens (tertiary/aromatic N) is 4. The highest BCUT2D eigenvalue weighted by Crippen LogP contribution is 2.31. The topological polar surface area (TPSA) is 154 Å². The molecule has 0 radical (unpaired) electrons. The summed E-state index contributed by atoms with van der Waals surface area (Å²) < 4.78 is 21.2. The molecule has 11 nitrogen and oxygen atoms in total. The van der Waals surface area contributed by atoms with Gasteiger partial charge in [0.1, 0.15) is 18.3 Å². The molecule has 1 fully saturated rings. The molecule has 1 unspecified atom stereocenters. The van der Waals surface area contributed by atoms with Crippen LogP contribution < -0.4 is 16.0 Å². The summed E-state index contributed by atoms with van der Waals surface area (Å²) in [4.78, 5) is 29.1. The van der Waals surface area contributed by atoms with E-state index in [-0.39, 0.29) is 24.3 Å². The van der Waals surface area contributed by atoms with Crippen LogP contribution in [0.2, 0.25) is 0 Å². The molecule has 1 atom stereocenters. The first-order valence-corrected chi connectivity index (χ1v) is 12.3. The fourth-order valence-corrected chi connectivity index (χ4v) is 4.01. The molecule has 4 N–H and O–H groups in total. The number of hydrogen-bond acceptors (Lipinski definition) is 8. The molecule has 3 aromatic rings. The smallest absolute Gasteiger partial charge is 0.407 e. The number of anilines is 1. The Morgan fingerprint density at radius 1 is 1.29 bits per heavy atom. The van der Waals surface area contributed by atoms with Crippen molar-refractivity contribution in [2.75, 3.05) is 18.4 Å². The van der Waals surface area contributed by atoms with E-state index in [0.29, 0.717) is 47.5 Å². The Hall–Kier alpha value is -4.24. The largest absolute Gasteiger partial charge is 0.446 e. The van der Waals surface area contributed by atoms with E-state index in [1.807, 2.05) is 12.1 Å². The van der Waals surface area contributed by atoms with Gasteiger partial charge in [-0.2, -0.15) is 10.4 Å². The Morgan fingerprint density at radius 2 is 2.05 bits per heavy atom. The third-order valence-corrected chi connectivity index (χ3v) is 6.30. The number of amides is 2. The Labute approximate surface area is 219 Å². The minimum Gasteiger partial charge on any atom is -0.446 e. The van der Waals surface area contributed by atoms with Gasteiger partial charge in [0.05, 0.1) is 52.1 Å². The van der Waals surface area contributed by atoms with Crippen molar-refractivity contribution in [2.24, 2.45) is 0 Å². The monoisotopic (exact) mass is 523 g/mol. The second kappa shape index (κ2) is 11.0. The standard InChI is InChI=1S/C26H30FN7O4/c1-4-29-25(36)38-18-8-16(9-18)33-20-10-21(22-6-5-17-7-15(11-28)12-32-34(17)22)30-13-19(20)24(35)31-14-23(27)26(2,3)37/h5-7,10,12-13,16,18,23,37H,4,8-9,14H2,1-3H3,(H,29,36)(H,30,33)(H,31,35). The number of nitriles is 1. The lowest BCUT2D eigenvalue weighted by Crippen LogP contribution is -2.44. The van der Waals surface area contributed by atoms with E-state index in [4.69, 9.17) is 10.00 Å². The SMILES string of the molecule is CCNC(=O)OC1CC(Nc2cc(-c3ccc4cc(C#N)cnn34)ncc2C(=O)NCC(F)C(C)(C)O)C1. The van der Waals surface area contributed by atoms with E-state index in [2.05, 4.69) is 32.1 Å². The molecule has 0 saturated heterocycles. The first-order chi connectivity index (χ1) is 18.1. The van der Waals surface area contributed by atoms with Crippen LogP contribution in [0.25, 0.3) is 16.9 Å². The van der Waals surface area contributed by atoms with Crippen LogP contribution in [0.15, 0.2) is 36.7 Å². The minimum atomic E-state index is -1.66. The number of hydrogen-bond donors (Lipinski definition) is 4. The lowest BCUT2D eigenvalue weighted by molar-refractivity contribution is -0.00177. The van der Waals surface area contributed by atoms with Crippen LogP contribution in [-0.4, -0.2) is 68.7 Å². The predicted octanol–water partition coefficient (Wildman–Crippen LogP) is 2.80. The second-order valence-electron chi connectivity index (χ2n) is 9.73. The summed E-state index contributed by atoms with van der Waals surface area (Å²) >= 11 is 0. The molecule has 38 heavy (non-hydrogen) atoms. The molecular weight excluding hydrogens is 493 g/mol. The number of carbonyl (C=O) groups excluding carboxylic acids is 2. The zero-order valence-corrected chi connectivity index (χ0v) is 21.4. The molecule has 200 valence electrons. The first-order valence-electron chi connectivity index (χ1n) is 12.3. The fourth-order valence-electron chi connectivity index (χ4n) is 4.01. The lowest BCUT2D eigenvalue weighted by atomic mass is 9.89. The number of fused-ring (bicyclic) bond motifs is 1. The third-order valence-electron chi connectivity index (χ3n) is 6.30. The van der Waals surface area contributed by atoms with Crippen LogP contribution in [0.4, 0.5) is 14.9 Å². The van der Waals surface area contributed by atoms with Crippen molar-refractivity contribution >= 4 is 23.2 Å². The predicted molar refractivity (Wildman–Crippen MR) is 137 cm³/mol. The molecule has 2 amide bonds. The summed E-state index contributed by atoms with van der Waals surface area (Å²) in [6.07, 6.45) is 1.57. The van der Waals surface area contributed by atoms with Crippen LogP contribution >= 0.6 is 0 Å². The van der Waals surface area contributed by atoms with Crippen LogP contribution in [-0.2, 0) is 4.74 Å². The molecule has 0 spiro atoms. The maximum absolute atomic E-state index is 14.2. The van der Waals surface area contributed by atoms with Gasteiger partial charge >= 0.3 is 6.09 Å². The average Bonchev–Trinajstić information content (AvgIpc) is 3.28. The van der Waals surface area contributed by atoms with Crippen molar-refractivity contribution in [1.82, 2.24) is 25.2 Å². The molecule has 3 heterocycles. The van der Waals surface area contributed by atoms with Crippen LogP contribution in [0.1, 0.15) is 49.5 Å². The van der Waals surface area contributed by atoms with Crippen molar-refractivity contribution in [3.05, 3.63) is 47.8 Å². The van der Waals surface area contributed by atoms with E-state index in [0.717, 1.165) is 0 Å². The highest BCUT2D eigenvalue weighted by molar-refractivity contribution is 6.00. The number of ether oxygens (including phenoxy) is 1. The van der Waals surface area contributed by atoms with Crippen molar-refractivity contribution in [3.8, 4) is 17.5 Å². The maximum atomic E-state index is 14.2. The molecule has 12 heteroatoms. The maximum Gasteiger partial charge on any atom is 0.407 e. The minimum absolute atomic E-state index is 0.0677. The number of pyridine rings is 1. The first kappa shape index (κ1) is 26.8. The van der Waals surface area contributed by atoms with E-state index in [1.165, 1.54) is 26.2 Å². The summed E-state index contributed by atoms with van der Waals surface area (Å²) in [7, 11) is 0. The van der Waals surface area contributed by atoms with Crippen LogP contribution in [0.5, 0.6) is 0 Å². The van der Waals surface area contributed by atoms with Crippen molar-refractivity contribution in [2.45, 2.75) is 57.5 Å². The number of alkyl halides is 1. The molecule has 3 aromatic heterocycles. The average molecular weight is 524 g/mol. The second-order valence-corrected chi connectivity index (χ2v) is 9.73. The highest BCUT2D eigenvalue weighted by Gasteiger charge is 2.33. The molecule has 4 rings (SSSR count). The summed E-state index contributed by atoms with van der Waals surface area (Å²) in [5.74, 6) is -0.551. The number of aliphatic hydroxyl groups is 1. The van der Waals surface area contributed by atoms with Crippen LogP contribution in [0.3, 0.4) is 0 Å². The third kappa shape index (κ3) is 6.00. The summed E-state index contributed by atoms with van der Waals surface area (Å²) in [5.41, 5.74) is 1.38. The normalized spacial score (nSPS) is 17.7. The van der Waals surface area contributed by atoms with Gasteiger partial charge in [-0.05, 0) is 45.0 Å². The van der Waals surface area contributed by atoms with Gasteiger partial charge in [-0.3, -0.25) is 9.78 Å². The Balaban J connectivity index is 1.57. The van der Waals surface area contributed by atoms with Gasteiger partial charge in [-0.15, -0.1) is 0 Å². The Bertz CT molecular complexity index is 1370. The number of halogens is 1. The lowest BCUT2D eigenvalue weighted by Gasteiger charge is -2.36. The number of carbonyl (C=O) groups is 2. The van der Waals surface area contributed by atoms with E-state index in [9.17, 15) is 19.1 Å². The van der Waals surface area contributed by atoms with E-state index < -0.39 is 23.8 Å². The number of alkyl carbamates (subject to hydrolysis) is 1. The van der Waals surface area contributed by atoms with Gasteiger partial charge in [0.2, 0.25) is 0 Å².